The molecule has 1 aromatic rings. The number of thiazole rings is 1. The molecule has 0 radical (unpaired) electrons. The van der Waals surface area contributed by atoms with E-state index in [4.69, 9.17) is 9.84 Å². The van der Waals surface area contributed by atoms with Gasteiger partial charge in [0, 0.05) is 5.38 Å². The molecule has 2 rings (SSSR count). The van der Waals surface area contributed by atoms with Crippen LogP contribution in [0.2, 0.25) is 0 Å². The molecule has 2 atom stereocenters. The van der Waals surface area contributed by atoms with E-state index in [0.29, 0.717) is 5.13 Å². The van der Waals surface area contributed by atoms with Gasteiger partial charge in [-0.05, 0) is 5.41 Å². The van der Waals surface area contributed by atoms with Crippen molar-refractivity contribution >= 4 is 40.2 Å². The van der Waals surface area contributed by atoms with Crippen molar-refractivity contribution in [3.63, 3.8) is 0 Å². The second-order valence-corrected chi connectivity index (χ2v) is 5.33. The number of aromatic nitrogens is 1. The number of nitrogens with zero attached hydrogens (tertiary/aromatic N) is 1. The fourth-order valence-electron chi connectivity index (χ4n) is 1.42. The molecule has 2 unspecified atom stereocenters. The van der Waals surface area contributed by atoms with Crippen molar-refractivity contribution in [2.45, 2.75) is 11.3 Å². The van der Waals surface area contributed by atoms with Gasteiger partial charge in [0.25, 0.3) is 0 Å². The Morgan fingerprint density at radius 3 is 2.94 bits per heavy atom. The van der Waals surface area contributed by atoms with Gasteiger partial charge in [-0.15, -0.1) is 23.1 Å². The van der Waals surface area contributed by atoms with Crippen molar-refractivity contribution < 1.29 is 19.4 Å². The molecule has 0 saturated carbocycles. The average Bonchev–Trinajstić information content (AvgIpc) is 2.97. The van der Waals surface area contributed by atoms with Gasteiger partial charge in [0.05, 0.1) is 13.2 Å². The van der Waals surface area contributed by atoms with E-state index in [-0.39, 0.29) is 23.0 Å². The van der Waals surface area contributed by atoms with Gasteiger partial charge in [0.1, 0.15) is 5.25 Å². The predicted molar refractivity (Wildman–Crippen MR) is 69.0 cm³/mol. The maximum atomic E-state index is 11.5. The molecular weight excluding hydrogens is 276 g/mol. The van der Waals surface area contributed by atoms with Crippen LogP contribution in [0.4, 0.5) is 5.13 Å². The van der Waals surface area contributed by atoms with Crippen molar-refractivity contribution in [3.8, 4) is 0 Å². The second kappa shape index (κ2) is 5.40. The number of anilines is 1. The molecule has 2 heterocycles. The lowest BCUT2D eigenvalue weighted by Gasteiger charge is -2.16. The van der Waals surface area contributed by atoms with Crippen LogP contribution < -0.4 is 5.32 Å². The number of methoxy groups -OCH3 is 1. The number of hydrogen-bond acceptors (Lipinski definition) is 7. The summed E-state index contributed by atoms with van der Waals surface area (Å²) in [7, 11) is 1.34. The van der Waals surface area contributed by atoms with Crippen molar-refractivity contribution in [2.75, 3.05) is 12.4 Å². The topological polar surface area (TPSA) is 88.5 Å². The average molecular weight is 286 g/mol. The Morgan fingerprint density at radius 1 is 1.56 bits per heavy atom. The predicted octanol–water partition coefficient (Wildman–Crippen LogP) is 1.42. The maximum absolute atomic E-state index is 11.5. The lowest BCUT2D eigenvalue weighted by Crippen LogP contribution is -2.33. The minimum Gasteiger partial charge on any atom is -0.476 e. The first-order chi connectivity index (χ1) is 8.61. The van der Waals surface area contributed by atoms with Crippen LogP contribution in [0, 0.1) is 0 Å². The number of carboxylic acids is 1. The summed E-state index contributed by atoms with van der Waals surface area (Å²) in [6.07, 6.45) is 1.83. The van der Waals surface area contributed by atoms with Crippen LogP contribution >= 0.6 is 23.1 Å². The molecule has 0 saturated heterocycles. The van der Waals surface area contributed by atoms with E-state index < -0.39 is 5.97 Å². The van der Waals surface area contributed by atoms with Crippen LogP contribution in [0.15, 0.2) is 16.9 Å². The summed E-state index contributed by atoms with van der Waals surface area (Å²) < 4.78 is 4.69. The highest BCUT2D eigenvalue weighted by molar-refractivity contribution is 8.03. The summed E-state index contributed by atoms with van der Waals surface area (Å²) in [6.45, 7) is 0. The smallest absolute Gasteiger partial charge is 0.355 e. The number of nitrogens with one attached hydrogen (secondary N) is 1. The van der Waals surface area contributed by atoms with E-state index >= 15 is 0 Å². The standard InChI is InChI=1S/C10H10N2O4S2/c1-16-9(15)7-5(2-3-17-7)11-10-12-6(4-18-10)8(13)14/h2-5,7H,1H3,(H,11,12)(H,13,14). The largest absolute Gasteiger partial charge is 0.476 e. The molecule has 0 spiro atoms. The molecule has 0 aromatic carbocycles. The van der Waals surface area contributed by atoms with Gasteiger partial charge in [-0.3, -0.25) is 4.79 Å². The van der Waals surface area contributed by atoms with Gasteiger partial charge in [-0.25, -0.2) is 9.78 Å². The Labute approximate surface area is 111 Å². The number of carboxylic acid groups (broad SMARTS) is 1. The molecule has 2 N–H and O–H groups in total. The molecular formula is C10H10N2O4S2. The van der Waals surface area contributed by atoms with E-state index in [1.807, 2.05) is 11.5 Å². The molecule has 1 aromatic heterocycles. The zero-order valence-electron chi connectivity index (χ0n) is 9.32. The van der Waals surface area contributed by atoms with Gasteiger partial charge >= 0.3 is 11.9 Å². The number of carbonyl (C=O) groups excluding carboxylic acids is 1. The summed E-state index contributed by atoms with van der Waals surface area (Å²) in [5.41, 5.74) is -0.00764. The summed E-state index contributed by atoms with van der Waals surface area (Å²) in [5.74, 6) is -1.39. The van der Waals surface area contributed by atoms with Gasteiger partial charge < -0.3 is 15.2 Å². The van der Waals surface area contributed by atoms with Crippen LogP contribution in [0.3, 0.4) is 0 Å². The lowest BCUT2D eigenvalue weighted by molar-refractivity contribution is -0.139. The van der Waals surface area contributed by atoms with Gasteiger partial charge in [-0.2, -0.15) is 0 Å². The summed E-state index contributed by atoms with van der Waals surface area (Å²) in [6, 6.07) is -0.241. The van der Waals surface area contributed by atoms with Crippen LogP contribution in [0.1, 0.15) is 10.5 Å². The minimum absolute atomic E-state index is 0.00764. The van der Waals surface area contributed by atoms with Crippen LogP contribution in [-0.2, 0) is 9.53 Å². The third kappa shape index (κ3) is 2.65. The van der Waals surface area contributed by atoms with E-state index in [2.05, 4.69) is 10.3 Å². The van der Waals surface area contributed by atoms with Crippen LogP contribution in [0.5, 0.6) is 0 Å². The monoisotopic (exact) mass is 286 g/mol. The van der Waals surface area contributed by atoms with Crippen molar-refractivity contribution in [2.24, 2.45) is 0 Å². The highest BCUT2D eigenvalue weighted by atomic mass is 32.2. The molecule has 1 aliphatic rings. The lowest BCUT2D eigenvalue weighted by atomic mass is 10.2. The zero-order valence-corrected chi connectivity index (χ0v) is 11.0. The molecule has 0 amide bonds. The fraction of sp³-hybridized carbons (Fsp3) is 0.300. The highest BCUT2D eigenvalue weighted by Gasteiger charge is 2.31. The summed E-state index contributed by atoms with van der Waals surface area (Å²) in [5, 5.41) is 15.1. The Hall–Kier alpha value is -1.54. The number of ether oxygens (including phenoxy) is 1. The number of aromatic carboxylic acids is 1. The molecule has 0 bridgehead atoms. The normalized spacial score (nSPS) is 21.8. The van der Waals surface area contributed by atoms with E-state index in [1.54, 1.807) is 0 Å². The number of thioether (sulfide) groups is 1. The fourth-order valence-corrected chi connectivity index (χ4v) is 3.12. The first kappa shape index (κ1) is 12.9. The van der Waals surface area contributed by atoms with Gasteiger partial charge in [-0.1, -0.05) is 6.08 Å². The Morgan fingerprint density at radius 2 is 2.33 bits per heavy atom. The minimum atomic E-state index is -1.07. The van der Waals surface area contributed by atoms with Crippen molar-refractivity contribution in [1.82, 2.24) is 4.98 Å². The van der Waals surface area contributed by atoms with Crippen LogP contribution in [0.25, 0.3) is 0 Å². The van der Waals surface area contributed by atoms with Gasteiger partial charge in [0.15, 0.2) is 10.8 Å². The number of hydrogen-bond donors (Lipinski definition) is 2. The molecule has 96 valence electrons. The van der Waals surface area contributed by atoms with Gasteiger partial charge in [0.2, 0.25) is 0 Å². The SMILES string of the molecule is COC(=O)C1SC=CC1Nc1nc(C(=O)O)cs1. The van der Waals surface area contributed by atoms with E-state index in [1.165, 1.54) is 35.6 Å². The first-order valence-corrected chi connectivity index (χ1v) is 6.79. The number of carbonyl (C=O) groups is 2. The van der Waals surface area contributed by atoms with Crippen molar-refractivity contribution in [1.29, 1.82) is 0 Å². The quantitative estimate of drug-likeness (QED) is 0.809. The third-order valence-electron chi connectivity index (χ3n) is 2.28. The third-order valence-corrected chi connectivity index (χ3v) is 4.15. The van der Waals surface area contributed by atoms with Crippen molar-refractivity contribution in [3.05, 3.63) is 22.6 Å². The Kier molecular flexibility index (Phi) is 3.87. The number of esters is 1. The maximum Gasteiger partial charge on any atom is 0.355 e. The summed E-state index contributed by atoms with van der Waals surface area (Å²) >= 11 is 2.55. The molecule has 8 heteroatoms. The number of rotatable bonds is 4. The first-order valence-electron chi connectivity index (χ1n) is 4.97. The van der Waals surface area contributed by atoms with E-state index in [0.717, 1.165) is 0 Å². The highest BCUT2D eigenvalue weighted by Crippen LogP contribution is 2.29. The zero-order chi connectivity index (χ0) is 13.1. The molecule has 1 aliphatic heterocycles. The van der Waals surface area contributed by atoms with E-state index in [9.17, 15) is 9.59 Å². The Balaban J connectivity index is 2.05. The molecule has 0 fully saturated rings. The second-order valence-electron chi connectivity index (χ2n) is 3.42. The van der Waals surface area contributed by atoms with Crippen LogP contribution in [-0.4, -0.2) is 40.4 Å². The Bertz CT molecular complexity index is 500. The molecule has 18 heavy (non-hydrogen) atoms. The summed E-state index contributed by atoms with van der Waals surface area (Å²) in [4.78, 5) is 26.1. The molecule has 0 aliphatic carbocycles. The molecule has 6 nitrogen and oxygen atoms in total.